The predicted octanol–water partition coefficient (Wildman–Crippen LogP) is 3.99. The normalized spacial score (nSPS) is 13.1. The fourth-order valence-corrected chi connectivity index (χ4v) is 3.22. The number of aliphatic hydroxyl groups excluding tert-OH is 1. The Kier molecular flexibility index (Phi) is 8.30. The quantitative estimate of drug-likeness (QED) is 0.601. The smallest absolute Gasteiger partial charge is 0.253 e. The molecular weight excluding hydrogens is 399 g/mol. The Morgan fingerprint density at radius 1 is 1.07 bits per heavy atom. The molecule has 2 atom stereocenters. The summed E-state index contributed by atoms with van der Waals surface area (Å²) in [6, 6.07) is 12.9. The van der Waals surface area contributed by atoms with Crippen LogP contribution in [0.25, 0.3) is 0 Å². The molecule has 7 heteroatoms. The SMILES string of the molecule is CC(C)C[C@@H](NC(=O)c1ccc(Cl)cc1Cl)C(=O)NC[C@H](O)c1ccccc1. The third-order valence-corrected chi connectivity index (χ3v) is 4.71. The van der Waals surface area contributed by atoms with Crippen molar-refractivity contribution in [2.45, 2.75) is 32.4 Å². The van der Waals surface area contributed by atoms with E-state index < -0.39 is 18.1 Å². The summed E-state index contributed by atoms with van der Waals surface area (Å²) in [6.07, 6.45) is -0.379. The third kappa shape index (κ3) is 6.51. The molecule has 150 valence electrons. The van der Waals surface area contributed by atoms with Crippen LogP contribution >= 0.6 is 23.2 Å². The minimum atomic E-state index is -0.828. The lowest BCUT2D eigenvalue weighted by molar-refractivity contribution is -0.123. The summed E-state index contributed by atoms with van der Waals surface area (Å²) in [5.74, 6) is -0.635. The topological polar surface area (TPSA) is 78.4 Å². The van der Waals surface area contributed by atoms with Crippen LogP contribution < -0.4 is 10.6 Å². The minimum Gasteiger partial charge on any atom is -0.387 e. The molecule has 3 N–H and O–H groups in total. The van der Waals surface area contributed by atoms with E-state index in [2.05, 4.69) is 10.6 Å². The number of nitrogens with one attached hydrogen (secondary N) is 2. The van der Waals surface area contributed by atoms with Gasteiger partial charge in [0.05, 0.1) is 16.7 Å². The summed E-state index contributed by atoms with van der Waals surface area (Å²) < 4.78 is 0. The standard InChI is InChI=1S/C21H24Cl2N2O3/c1-13(2)10-18(25-20(27)16-9-8-15(22)11-17(16)23)21(28)24-12-19(26)14-6-4-3-5-7-14/h3-9,11,13,18-19,26H,10,12H2,1-2H3,(H,24,28)(H,25,27)/t18-,19+/m1/s1. The number of rotatable bonds is 8. The molecule has 0 aliphatic heterocycles. The molecular formula is C21H24Cl2N2O3. The van der Waals surface area contributed by atoms with Gasteiger partial charge in [0.15, 0.2) is 0 Å². The minimum absolute atomic E-state index is 0.0506. The first-order valence-corrected chi connectivity index (χ1v) is 9.80. The Labute approximate surface area is 175 Å². The molecule has 2 aromatic rings. The number of hydrogen-bond donors (Lipinski definition) is 3. The van der Waals surface area contributed by atoms with Crippen LogP contribution in [0.15, 0.2) is 48.5 Å². The molecule has 0 aliphatic carbocycles. The molecule has 0 aromatic heterocycles. The maximum atomic E-state index is 12.6. The van der Waals surface area contributed by atoms with Crippen molar-refractivity contribution in [1.82, 2.24) is 10.6 Å². The van der Waals surface area contributed by atoms with Crippen molar-refractivity contribution in [3.8, 4) is 0 Å². The van der Waals surface area contributed by atoms with Crippen molar-refractivity contribution in [2.24, 2.45) is 5.92 Å². The lowest BCUT2D eigenvalue weighted by atomic mass is 10.0. The fraction of sp³-hybridized carbons (Fsp3) is 0.333. The van der Waals surface area contributed by atoms with Gasteiger partial charge in [-0.3, -0.25) is 9.59 Å². The maximum absolute atomic E-state index is 12.6. The second kappa shape index (κ2) is 10.5. The van der Waals surface area contributed by atoms with Gasteiger partial charge < -0.3 is 15.7 Å². The van der Waals surface area contributed by atoms with Gasteiger partial charge in [-0.15, -0.1) is 0 Å². The first-order valence-electron chi connectivity index (χ1n) is 9.04. The van der Waals surface area contributed by atoms with Crippen molar-refractivity contribution in [2.75, 3.05) is 6.54 Å². The molecule has 0 aliphatic rings. The molecule has 2 amide bonds. The molecule has 5 nitrogen and oxygen atoms in total. The highest BCUT2D eigenvalue weighted by molar-refractivity contribution is 6.36. The molecule has 0 spiro atoms. The van der Waals surface area contributed by atoms with E-state index in [4.69, 9.17) is 23.2 Å². The highest BCUT2D eigenvalue weighted by Gasteiger charge is 2.24. The van der Waals surface area contributed by atoms with E-state index in [1.807, 2.05) is 32.0 Å². The number of halogens is 2. The summed E-state index contributed by atoms with van der Waals surface area (Å²) in [4.78, 5) is 25.2. The maximum Gasteiger partial charge on any atom is 0.253 e. The van der Waals surface area contributed by atoms with Crippen molar-refractivity contribution in [3.63, 3.8) is 0 Å². The van der Waals surface area contributed by atoms with E-state index in [0.29, 0.717) is 17.0 Å². The summed E-state index contributed by atoms with van der Waals surface area (Å²) in [7, 11) is 0. The van der Waals surface area contributed by atoms with Gasteiger partial charge >= 0.3 is 0 Å². The van der Waals surface area contributed by atoms with Gasteiger partial charge in [-0.05, 0) is 36.1 Å². The zero-order valence-corrected chi connectivity index (χ0v) is 17.3. The molecule has 0 radical (unpaired) electrons. The van der Waals surface area contributed by atoms with E-state index in [1.165, 1.54) is 12.1 Å². The summed E-state index contributed by atoms with van der Waals surface area (Å²) >= 11 is 11.9. The molecule has 0 bridgehead atoms. The van der Waals surface area contributed by atoms with Gasteiger partial charge in [0, 0.05) is 11.6 Å². The number of benzene rings is 2. The van der Waals surface area contributed by atoms with Gasteiger partial charge in [-0.25, -0.2) is 0 Å². The van der Waals surface area contributed by atoms with Gasteiger partial charge in [-0.1, -0.05) is 67.4 Å². The average Bonchev–Trinajstić information content (AvgIpc) is 2.65. The molecule has 0 saturated heterocycles. The number of carbonyl (C=O) groups is 2. The monoisotopic (exact) mass is 422 g/mol. The van der Waals surface area contributed by atoms with Crippen LogP contribution in [0, 0.1) is 5.92 Å². The number of carbonyl (C=O) groups excluding carboxylic acids is 2. The van der Waals surface area contributed by atoms with E-state index in [0.717, 1.165) is 0 Å². The van der Waals surface area contributed by atoms with Crippen LogP contribution in [0.3, 0.4) is 0 Å². The van der Waals surface area contributed by atoms with Crippen LogP contribution in [0.1, 0.15) is 42.3 Å². The zero-order valence-electron chi connectivity index (χ0n) is 15.8. The lowest BCUT2D eigenvalue weighted by Gasteiger charge is -2.21. The Morgan fingerprint density at radius 2 is 1.75 bits per heavy atom. The zero-order chi connectivity index (χ0) is 20.7. The van der Waals surface area contributed by atoms with Crippen LogP contribution in [0.2, 0.25) is 10.0 Å². The molecule has 28 heavy (non-hydrogen) atoms. The van der Waals surface area contributed by atoms with Gasteiger partial charge in [0.25, 0.3) is 5.91 Å². The van der Waals surface area contributed by atoms with E-state index >= 15 is 0 Å². The van der Waals surface area contributed by atoms with Gasteiger partial charge in [-0.2, -0.15) is 0 Å². The average molecular weight is 423 g/mol. The highest BCUT2D eigenvalue weighted by Crippen LogP contribution is 2.21. The van der Waals surface area contributed by atoms with Crippen molar-refractivity contribution < 1.29 is 14.7 Å². The summed E-state index contributed by atoms with van der Waals surface area (Å²) in [6.45, 7) is 3.97. The van der Waals surface area contributed by atoms with Crippen molar-refractivity contribution >= 4 is 35.0 Å². The van der Waals surface area contributed by atoms with Gasteiger partial charge in [0.2, 0.25) is 5.91 Å². The largest absolute Gasteiger partial charge is 0.387 e. The van der Waals surface area contributed by atoms with Crippen LogP contribution in [-0.4, -0.2) is 29.5 Å². The molecule has 0 heterocycles. The van der Waals surface area contributed by atoms with E-state index in [1.54, 1.807) is 18.2 Å². The molecule has 2 aromatic carbocycles. The number of amides is 2. The first-order chi connectivity index (χ1) is 13.3. The molecule has 0 saturated carbocycles. The van der Waals surface area contributed by atoms with Crippen molar-refractivity contribution in [3.05, 3.63) is 69.7 Å². The summed E-state index contributed by atoms with van der Waals surface area (Å²) in [5.41, 5.74) is 0.956. The Bertz CT molecular complexity index is 813. The Morgan fingerprint density at radius 3 is 2.36 bits per heavy atom. The molecule has 0 fully saturated rings. The highest BCUT2D eigenvalue weighted by atomic mass is 35.5. The van der Waals surface area contributed by atoms with E-state index in [9.17, 15) is 14.7 Å². The van der Waals surface area contributed by atoms with Crippen LogP contribution in [0.4, 0.5) is 0 Å². The fourth-order valence-electron chi connectivity index (χ4n) is 2.73. The van der Waals surface area contributed by atoms with Crippen LogP contribution in [-0.2, 0) is 4.79 Å². The lowest BCUT2D eigenvalue weighted by Crippen LogP contribution is -2.48. The molecule has 2 rings (SSSR count). The number of hydrogen-bond acceptors (Lipinski definition) is 3. The molecule has 0 unspecified atom stereocenters. The predicted molar refractivity (Wildman–Crippen MR) is 112 cm³/mol. The Balaban J connectivity index is 2.03. The van der Waals surface area contributed by atoms with Crippen LogP contribution in [0.5, 0.6) is 0 Å². The second-order valence-electron chi connectivity index (χ2n) is 6.95. The Hall–Kier alpha value is -2.08. The third-order valence-electron chi connectivity index (χ3n) is 4.16. The van der Waals surface area contributed by atoms with E-state index in [-0.39, 0.29) is 29.0 Å². The van der Waals surface area contributed by atoms with Crippen molar-refractivity contribution in [1.29, 1.82) is 0 Å². The first kappa shape index (κ1) is 22.2. The van der Waals surface area contributed by atoms with Gasteiger partial charge in [0.1, 0.15) is 6.04 Å². The summed E-state index contributed by atoms with van der Waals surface area (Å²) in [5, 5.41) is 16.3. The second-order valence-corrected chi connectivity index (χ2v) is 7.80. The number of aliphatic hydroxyl groups is 1.